The van der Waals surface area contributed by atoms with Crippen molar-refractivity contribution in [3.8, 4) is 12.3 Å². The molecule has 0 amide bonds. The van der Waals surface area contributed by atoms with Gasteiger partial charge in [0.1, 0.15) is 12.4 Å². The van der Waals surface area contributed by atoms with E-state index in [1.807, 2.05) is 5.92 Å². The van der Waals surface area contributed by atoms with E-state index in [9.17, 15) is 21.2 Å². The van der Waals surface area contributed by atoms with Crippen LogP contribution in [0.4, 0.5) is 4.39 Å². The van der Waals surface area contributed by atoms with E-state index in [0.717, 1.165) is 31.2 Å². The Balaban J connectivity index is 3.14. The van der Waals surface area contributed by atoms with Gasteiger partial charge in [-0.2, -0.15) is 8.42 Å². The largest absolute Gasteiger partial charge is 0.285 e. The molecule has 0 spiro atoms. The molecule has 0 saturated heterocycles. The zero-order valence-corrected chi connectivity index (χ0v) is 11.5. The Morgan fingerprint density at radius 3 is 2.26 bits per heavy atom. The average molecular weight is 306 g/mol. The van der Waals surface area contributed by atoms with E-state index in [-0.39, 0.29) is 4.90 Å². The van der Waals surface area contributed by atoms with Crippen molar-refractivity contribution in [2.75, 3.05) is 6.61 Å². The fourth-order valence-corrected chi connectivity index (χ4v) is 4.25. The number of halogens is 1. The summed E-state index contributed by atoms with van der Waals surface area (Å²) in [7, 11) is -8.55. The van der Waals surface area contributed by atoms with Gasteiger partial charge >= 0.3 is 0 Å². The van der Waals surface area contributed by atoms with Gasteiger partial charge in [0.15, 0.2) is 14.4 Å². The molecule has 1 aromatic rings. The molecule has 0 radical (unpaired) electrons. The first-order valence-electron chi connectivity index (χ1n) is 5.03. The van der Waals surface area contributed by atoms with Crippen molar-refractivity contribution in [2.24, 2.45) is 0 Å². The average Bonchev–Trinajstić information content (AvgIpc) is 2.36. The van der Waals surface area contributed by atoms with Gasteiger partial charge in [0.25, 0.3) is 10.1 Å². The summed E-state index contributed by atoms with van der Waals surface area (Å²) in [4.78, 5) is -0.311. The molecule has 1 rings (SSSR count). The lowest BCUT2D eigenvalue weighted by Crippen LogP contribution is -2.29. The van der Waals surface area contributed by atoms with Crippen LogP contribution in [0.15, 0.2) is 29.2 Å². The Kier molecular flexibility index (Phi) is 4.68. The molecule has 0 fully saturated rings. The predicted octanol–water partition coefficient (Wildman–Crippen LogP) is 0.925. The molecule has 0 heterocycles. The van der Waals surface area contributed by atoms with Crippen LogP contribution < -0.4 is 0 Å². The highest BCUT2D eigenvalue weighted by Crippen LogP contribution is 2.21. The van der Waals surface area contributed by atoms with E-state index in [1.165, 1.54) is 0 Å². The Labute approximate surface area is 111 Å². The van der Waals surface area contributed by atoms with Crippen LogP contribution in [0.25, 0.3) is 0 Å². The molecule has 0 aliphatic rings. The monoisotopic (exact) mass is 306 g/mol. The van der Waals surface area contributed by atoms with E-state index in [2.05, 4.69) is 4.18 Å². The van der Waals surface area contributed by atoms with Gasteiger partial charge in [0.05, 0.1) is 4.90 Å². The highest BCUT2D eigenvalue weighted by Gasteiger charge is 2.35. The summed E-state index contributed by atoms with van der Waals surface area (Å²) in [5.74, 6) is 1.30. The van der Waals surface area contributed by atoms with Crippen LogP contribution in [0.5, 0.6) is 0 Å². The van der Waals surface area contributed by atoms with Gasteiger partial charge in [-0.15, -0.1) is 6.42 Å². The Morgan fingerprint density at radius 2 is 1.79 bits per heavy atom. The molecule has 0 N–H and O–H groups in total. The standard InChI is InChI=1S/C11H11FO5S2/c1-3-8-17-19(15,16)9(2)18(13,14)11-6-4-10(12)5-7-11/h1,4-7,9H,8H2,2H3. The quantitative estimate of drug-likeness (QED) is 0.459. The molecule has 1 unspecified atom stereocenters. The summed E-state index contributed by atoms with van der Waals surface area (Å²) in [6.45, 7) is 0.413. The van der Waals surface area contributed by atoms with E-state index >= 15 is 0 Å². The maximum absolute atomic E-state index is 12.7. The first-order chi connectivity index (χ1) is 8.71. The van der Waals surface area contributed by atoms with Gasteiger partial charge in [-0.25, -0.2) is 12.8 Å². The third-order valence-corrected chi connectivity index (χ3v) is 6.82. The maximum Gasteiger partial charge on any atom is 0.285 e. The fraction of sp³-hybridized carbons (Fsp3) is 0.273. The molecule has 0 aliphatic carbocycles. The Morgan fingerprint density at radius 1 is 1.26 bits per heavy atom. The molecule has 0 saturated carbocycles. The molecule has 8 heteroatoms. The van der Waals surface area contributed by atoms with E-state index in [4.69, 9.17) is 6.42 Å². The normalized spacial score (nSPS) is 13.7. The van der Waals surface area contributed by atoms with Crippen molar-refractivity contribution in [2.45, 2.75) is 16.4 Å². The summed E-state index contributed by atoms with van der Waals surface area (Å²) >= 11 is 0. The predicted molar refractivity (Wildman–Crippen MR) is 66.8 cm³/mol. The summed E-state index contributed by atoms with van der Waals surface area (Å²) in [5.41, 5.74) is 0. The summed E-state index contributed by atoms with van der Waals surface area (Å²) < 4.78 is 62.5. The summed E-state index contributed by atoms with van der Waals surface area (Å²) in [6.07, 6.45) is 4.84. The molecular weight excluding hydrogens is 295 g/mol. The topological polar surface area (TPSA) is 77.5 Å². The van der Waals surface area contributed by atoms with Gasteiger partial charge in [-0.1, -0.05) is 5.92 Å². The van der Waals surface area contributed by atoms with Crippen molar-refractivity contribution < 1.29 is 25.4 Å². The molecule has 0 aromatic heterocycles. The van der Waals surface area contributed by atoms with E-state index in [1.54, 1.807) is 0 Å². The molecule has 19 heavy (non-hydrogen) atoms. The van der Waals surface area contributed by atoms with Crippen molar-refractivity contribution in [1.82, 2.24) is 0 Å². The van der Waals surface area contributed by atoms with Gasteiger partial charge in [-0.3, -0.25) is 4.18 Å². The van der Waals surface area contributed by atoms with Crippen molar-refractivity contribution in [3.63, 3.8) is 0 Å². The first-order valence-corrected chi connectivity index (χ1v) is 8.05. The van der Waals surface area contributed by atoms with Crippen LogP contribution in [-0.4, -0.2) is 28.0 Å². The third kappa shape index (κ3) is 3.53. The maximum atomic E-state index is 12.7. The highest BCUT2D eigenvalue weighted by molar-refractivity contribution is 8.07. The van der Waals surface area contributed by atoms with Crippen LogP contribution >= 0.6 is 0 Å². The molecule has 0 bridgehead atoms. The first kappa shape index (κ1) is 15.6. The van der Waals surface area contributed by atoms with Crippen LogP contribution in [0.1, 0.15) is 6.92 Å². The number of hydrogen-bond donors (Lipinski definition) is 0. The number of sulfone groups is 1. The minimum Gasteiger partial charge on any atom is -0.256 e. The molecule has 0 aliphatic heterocycles. The van der Waals surface area contributed by atoms with Gasteiger partial charge in [0, 0.05) is 0 Å². The number of benzene rings is 1. The van der Waals surface area contributed by atoms with Crippen LogP contribution in [0.2, 0.25) is 0 Å². The summed E-state index contributed by atoms with van der Waals surface area (Å²) in [6, 6.07) is 3.82. The fourth-order valence-electron chi connectivity index (χ4n) is 1.18. The lowest BCUT2D eigenvalue weighted by molar-refractivity contribution is 0.361. The van der Waals surface area contributed by atoms with Gasteiger partial charge in [-0.05, 0) is 31.2 Å². The van der Waals surface area contributed by atoms with Crippen molar-refractivity contribution >= 4 is 20.0 Å². The SMILES string of the molecule is C#CCOS(=O)(=O)C(C)S(=O)(=O)c1ccc(F)cc1. The molecule has 1 aromatic carbocycles. The molecule has 5 nitrogen and oxygen atoms in total. The zero-order chi connectivity index (χ0) is 14.7. The third-order valence-electron chi connectivity index (χ3n) is 2.29. The highest BCUT2D eigenvalue weighted by atomic mass is 32.3. The lowest BCUT2D eigenvalue weighted by Gasteiger charge is -2.12. The van der Waals surface area contributed by atoms with Gasteiger partial charge in [0.2, 0.25) is 0 Å². The molecular formula is C11H11FO5S2. The minimum atomic E-state index is -4.36. The zero-order valence-electron chi connectivity index (χ0n) is 9.91. The Hall–Kier alpha value is -1.43. The van der Waals surface area contributed by atoms with Crippen LogP contribution in [-0.2, 0) is 24.1 Å². The number of terminal acetylenes is 1. The lowest BCUT2D eigenvalue weighted by atomic mass is 10.4. The minimum absolute atomic E-state index is 0.311. The van der Waals surface area contributed by atoms with E-state index in [0.29, 0.717) is 0 Å². The van der Waals surface area contributed by atoms with Crippen molar-refractivity contribution in [1.29, 1.82) is 0 Å². The smallest absolute Gasteiger partial charge is 0.256 e. The van der Waals surface area contributed by atoms with Crippen LogP contribution in [0, 0.1) is 18.2 Å². The van der Waals surface area contributed by atoms with Crippen molar-refractivity contribution in [3.05, 3.63) is 30.1 Å². The molecule has 1 atom stereocenters. The van der Waals surface area contributed by atoms with E-state index < -0.39 is 37.0 Å². The van der Waals surface area contributed by atoms with Gasteiger partial charge < -0.3 is 0 Å². The second-order valence-electron chi connectivity index (χ2n) is 3.53. The second kappa shape index (κ2) is 5.69. The second-order valence-corrected chi connectivity index (χ2v) is 8.02. The number of hydrogen-bond acceptors (Lipinski definition) is 5. The summed E-state index contributed by atoms with van der Waals surface area (Å²) in [5, 5.41) is 0. The van der Waals surface area contributed by atoms with Crippen LogP contribution in [0.3, 0.4) is 0 Å². The Bertz CT molecular complexity index is 684. The molecule has 104 valence electrons. The number of rotatable bonds is 5.